The molecule has 30 heavy (non-hydrogen) atoms. The van der Waals surface area contributed by atoms with Crippen LogP contribution in [-0.4, -0.2) is 37.5 Å². The zero-order valence-electron chi connectivity index (χ0n) is 16.9. The highest BCUT2D eigenvalue weighted by Gasteiger charge is 2.12. The third kappa shape index (κ3) is 5.13. The Morgan fingerprint density at radius 3 is 2.47 bits per heavy atom. The van der Waals surface area contributed by atoms with E-state index in [1.807, 2.05) is 25.1 Å². The average molecular weight is 423 g/mol. The van der Waals surface area contributed by atoms with Gasteiger partial charge in [-0.3, -0.25) is 4.79 Å². The summed E-state index contributed by atoms with van der Waals surface area (Å²) >= 11 is 1.21. The van der Waals surface area contributed by atoms with E-state index in [0.29, 0.717) is 34.4 Å². The first-order chi connectivity index (χ1) is 14.6. The summed E-state index contributed by atoms with van der Waals surface area (Å²) in [5.74, 6) is 1.75. The zero-order chi connectivity index (χ0) is 21.5. The summed E-state index contributed by atoms with van der Waals surface area (Å²) in [5, 5.41) is 13.6. The van der Waals surface area contributed by atoms with Gasteiger partial charge in [0.25, 0.3) is 0 Å². The molecule has 0 unspecified atom stereocenters. The number of anilines is 1. The van der Waals surface area contributed by atoms with Crippen LogP contribution < -0.4 is 19.5 Å². The number of pyridine rings is 1. The molecule has 0 aliphatic heterocycles. The highest BCUT2D eigenvalue weighted by Crippen LogP contribution is 2.28. The Morgan fingerprint density at radius 2 is 1.83 bits per heavy atom. The molecule has 0 radical (unpaired) electrons. The van der Waals surface area contributed by atoms with Crippen LogP contribution in [-0.2, 0) is 4.79 Å². The topological polar surface area (TPSA) is 93.5 Å². The zero-order valence-corrected chi connectivity index (χ0v) is 17.7. The summed E-state index contributed by atoms with van der Waals surface area (Å²) in [6, 6.07) is 14.6. The number of nitrogens with zero attached hydrogens (tertiary/aromatic N) is 2. The van der Waals surface area contributed by atoms with Crippen molar-refractivity contribution < 1.29 is 19.0 Å². The maximum absolute atomic E-state index is 12.4. The van der Waals surface area contributed by atoms with Gasteiger partial charge in [0.05, 0.1) is 37.7 Å². The highest BCUT2D eigenvalue weighted by molar-refractivity contribution is 8.00. The fourth-order valence-electron chi connectivity index (χ4n) is 2.79. The van der Waals surface area contributed by atoms with Gasteiger partial charge in [0.15, 0.2) is 0 Å². The maximum atomic E-state index is 12.4. The third-order valence-corrected chi connectivity index (χ3v) is 5.15. The number of hydrogen-bond donors (Lipinski definition) is 1. The SMILES string of the molecule is CCOc1ccc2nc(SCC(=O)Nc3cc(OC)cc(OC)c3)c(C#N)cc2c1. The molecule has 154 valence electrons. The molecule has 1 N–H and O–H groups in total. The van der Waals surface area contributed by atoms with Crippen LogP contribution in [0.4, 0.5) is 5.69 Å². The van der Waals surface area contributed by atoms with Crippen LogP contribution in [0, 0.1) is 11.3 Å². The van der Waals surface area contributed by atoms with Crippen LogP contribution in [0.2, 0.25) is 0 Å². The van der Waals surface area contributed by atoms with Crippen molar-refractivity contribution in [1.82, 2.24) is 4.98 Å². The molecule has 7 nitrogen and oxygen atoms in total. The summed E-state index contributed by atoms with van der Waals surface area (Å²) in [7, 11) is 3.09. The number of aromatic nitrogens is 1. The lowest BCUT2D eigenvalue weighted by Gasteiger charge is -2.10. The Labute approximate surface area is 179 Å². The van der Waals surface area contributed by atoms with Crippen molar-refractivity contribution in [3.05, 3.63) is 48.0 Å². The minimum atomic E-state index is -0.229. The second kappa shape index (κ2) is 9.85. The Hall–Kier alpha value is -3.44. The summed E-state index contributed by atoms with van der Waals surface area (Å²) < 4.78 is 15.9. The van der Waals surface area contributed by atoms with Crippen molar-refractivity contribution in [2.24, 2.45) is 0 Å². The van der Waals surface area contributed by atoms with Crippen LogP contribution in [0.3, 0.4) is 0 Å². The Morgan fingerprint density at radius 1 is 1.10 bits per heavy atom. The van der Waals surface area contributed by atoms with Crippen molar-refractivity contribution in [2.75, 3.05) is 31.9 Å². The molecule has 1 amide bonds. The summed E-state index contributed by atoms with van der Waals surface area (Å²) in [4.78, 5) is 17.0. The van der Waals surface area contributed by atoms with Crippen LogP contribution >= 0.6 is 11.8 Å². The van der Waals surface area contributed by atoms with E-state index >= 15 is 0 Å². The van der Waals surface area contributed by atoms with E-state index in [0.717, 1.165) is 16.7 Å². The van der Waals surface area contributed by atoms with E-state index in [9.17, 15) is 10.1 Å². The smallest absolute Gasteiger partial charge is 0.234 e. The first kappa shape index (κ1) is 21.3. The number of methoxy groups -OCH3 is 2. The second-order valence-corrected chi connectivity index (χ2v) is 7.14. The summed E-state index contributed by atoms with van der Waals surface area (Å²) in [6.45, 7) is 2.47. The molecule has 8 heteroatoms. The van der Waals surface area contributed by atoms with Crippen LogP contribution in [0.25, 0.3) is 10.9 Å². The highest BCUT2D eigenvalue weighted by atomic mass is 32.2. The van der Waals surface area contributed by atoms with E-state index in [1.54, 1.807) is 38.5 Å². The van der Waals surface area contributed by atoms with E-state index < -0.39 is 0 Å². The lowest BCUT2D eigenvalue weighted by atomic mass is 10.1. The van der Waals surface area contributed by atoms with E-state index in [4.69, 9.17) is 14.2 Å². The predicted octanol–water partition coefficient (Wildman–Crippen LogP) is 4.25. The molecule has 1 aromatic heterocycles. The minimum absolute atomic E-state index is 0.101. The number of thioether (sulfide) groups is 1. The van der Waals surface area contributed by atoms with Gasteiger partial charge < -0.3 is 19.5 Å². The number of benzene rings is 2. The Balaban J connectivity index is 1.74. The van der Waals surface area contributed by atoms with Crippen molar-refractivity contribution in [2.45, 2.75) is 11.9 Å². The number of carbonyl (C=O) groups is 1. The molecule has 0 spiro atoms. The number of rotatable bonds is 8. The van der Waals surface area contributed by atoms with Gasteiger partial charge in [0, 0.05) is 29.3 Å². The van der Waals surface area contributed by atoms with Crippen molar-refractivity contribution >= 4 is 34.3 Å². The third-order valence-electron chi connectivity index (χ3n) is 4.16. The van der Waals surface area contributed by atoms with Crippen LogP contribution in [0.1, 0.15) is 12.5 Å². The van der Waals surface area contributed by atoms with Crippen molar-refractivity contribution in [1.29, 1.82) is 5.26 Å². The monoisotopic (exact) mass is 423 g/mol. The number of hydrogen-bond acceptors (Lipinski definition) is 7. The number of amides is 1. The molecule has 0 fully saturated rings. The standard InChI is InChI=1S/C22H21N3O4S/c1-4-29-17-5-6-20-14(8-17)7-15(12-23)22(25-20)30-13-21(26)24-16-9-18(27-2)11-19(10-16)28-3/h5-11H,4,13H2,1-3H3,(H,24,26). The largest absolute Gasteiger partial charge is 0.497 e. The molecule has 0 saturated carbocycles. The number of nitriles is 1. The van der Waals surface area contributed by atoms with Crippen LogP contribution in [0.15, 0.2) is 47.5 Å². The average Bonchev–Trinajstić information content (AvgIpc) is 2.76. The predicted molar refractivity (Wildman–Crippen MR) is 117 cm³/mol. The Bertz CT molecular complexity index is 1090. The first-order valence-electron chi connectivity index (χ1n) is 9.19. The molecule has 1 heterocycles. The molecule has 0 aliphatic rings. The van der Waals surface area contributed by atoms with Gasteiger partial charge in [-0.2, -0.15) is 5.26 Å². The lowest BCUT2D eigenvalue weighted by molar-refractivity contribution is -0.113. The van der Waals surface area contributed by atoms with Gasteiger partial charge in [-0.05, 0) is 31.2 Å². The van der Waals surface area contributed by atoms with E-state index in [1.165, 1.54) is 11.8 Å². The quantitative estimate of drug-likeness (QED) is 0.541. The van der Waals surface area contributed by atoms with E-state index in [2.05, 4.69) is 16.4 Å². The molecule has 0 saturated heterocycles. The molecular formula is C22H21N3O4S. The number of carbonyl (C=O) groups excluding carboxylic acids is 1. The van der Waals surface area contributed by atoms with Gasteiger partial charge >= 0.3 is 0 Å². The van der Waals surface area contributed by atoms with Gasteiger partial charge in [0.2, 0.25) is 5.91 Å². The molecule has 3 aromatic rings. The number of fused-ring (bicyclic) bond motifs is 1. The van der Waals surface area contributed by atoms with Crippen molar-refractivity contribution in [3.8, 4) is 23.3 Å². The number of nitrogens with one attached hydrogen (secondary N) is 1. The fourth-order valence-corrected chi connectivity index (χ4v) is 3.56. The summed E-state index contributed by atoms with van der Waals surface area (Å²) in [6.07, 6.45) is 0. The molecule has 2 aromatic carbocycles. The van der Waals surface area contributed by atoms with Crippen molar-refractivity contribution in [3.63, 3.8) is 0 Å². The van der Waals surface area contributed by atoms with Crippen LogP contribution in [0.5, 0.6) is 17.2 Å². The Kier molecular flexibility index (Phi) is 6.99. The first-order valence-corrected chi connectivity index (χ1v) is 10.2. The molecule has 3 rings (SSSR count). The lowest BCUT2D eigenvalue weighted by Crippen LogP contribution is -2.14. The van der Waals surface area contributed by atoms with Gasteiger partial charge in [-0.15, -0.1) is 0 Å². The molecular weight excluding hydrogens is 402 g/mol. The number of ether oxygens (including phenoxy) is 3. The maximum Gasteiger partial charge on any atom is 0.234 e. The fraction of sp³-hybridized carbons (Fsp3) is 0.227. The summed E-state index contributed by atoms with van der Waals surface area (Å²) in [5.41, 5.74) is 1.71. The van der Waals surface area contributed by atoms with Gasteiger partial charge in [-0.1, -0.05) is 11.8 Å². The van der Waals surface area contributed by atoms with E-state index in [-0.39, 0.29) is 11.7 Å². The second-order valence-electron chi connectivity index (χ2n) is 6.18. The van der Waals surface area contributed by atoms with Gasteiger partial charge in [-0.25, -0.2) is 4.98 Å². The molecule has 0 aliphatic carbocycles. The minimum Gasteiger partial charge on any atom is -0.497 e. The normalized spacial score (nSPS) is 10.3. The molecule has 0 bridgehead atoms. The van der Waals surface area contributed by atoms with Gasteiger partial charge in [0.1, 0.15) is 28.3 Å². The molecule has 0 atom stereocenters.